The summed E-state index contributed by atoms with van der Waals surface area (Å²) in [4.78, 5) is 32.9. The Morgan fingerprint density at radius 1 is 1.37 bits per heavy atom. The number of likely N-dealkylation sites (tertiary alicyclic amines) is 1. The summed E-state index contributed by atoms with van der Waals surface area (Å²) in [5.41, 5.74) is 0. The molecule has 27 heavy (non-hydrogen) atoms. The van der Waals surface area contributed by atoms with Gasteiger partial charge in [-0.15, -0.1) is 11.3 Å². The van der Waals surface area contributed by atoms with Gasteiger partial charge in [-0.2, -0.15) is 0 Å². The van der Waals surface area contributed by atoms with E-state index in [1.54, 1.807) is 6.20 Å². The van der Waals surface area contributed by atoms with Crippen LogP contribution in [0.5, 0.6) is 0 Å². The number of rotatable bonds is 7. The molecule has 0 aliphatic carbocycles. The lowest BCUT2D eigenvalue weighted by atomic mass is 10.2. The lowest BCUT2D eigenvalue weighted by molar-refractivity contribution is -0.131. The summed E-state index contributed by atoms with van der Waals surface area (Å²) in [5.74, 6) is 0.875. The maximum absolute atomic E-state index is 12.5. The van der Waals surface area contributed by atoms with Crippen LogP contribution in [0.2, 0.25) is 0 Å². The van der Waals surface area contributed by atoms with Gasteiger partial charge in [0.15, 0.2) is 0 Å². The Balaban J connectivity index is 1.62. The highest BCUT2D eigenvalue weighted by Crippen LogP contribution is 2.36. The van der Waals surface area contributed by atoms with E-state index in [9.17, 15) is 9.59 Å². The molecular formula is C20H26N4O2S. The van der Waals surface area contributed by atoms with Gasteiger partial charge in [-0.1, -0.05) is 19.1 Å². The highest BCUT2D eigenvalue weighted by molar-refractivity contribution is 7.14. The van der Waals surface area contributed by atoms with Crippen molar-refractivity contribution in [3.8, 4) is 0 Å². The first-order valence-electron chi connectivity index (χ1n) is 9.38. The molecule has 3 heterocycles. The monoisotopic (exact) mass is 386 g/mol. The van der Waals surface area contributed by atoms with Gasteiger partial charge in [-0.25, -0.2) is 4.98 Å². The van der Waals surface area contributed by atoms with E-state index >= 15 is 0 Å². The lowest BCUT2D eigenvalue weighted by Gasteiger charge is -2.23. The molecule has 1 fully saturated rings. The Labute approximate surface area is 163 Å². The Kier molecular flexibility index (Phi) is 6.45. The van der Waals surface area contributed by atoms with Crippen LogP contribution in [0.25, 0.3) is 0 Å². The zero-order valence-corrected chi connectivity index (χ0v) is 16.7. The standard InChI is InChI=1S/C20H26N4O2S/c1-3-4-5-8-19(25)24-12-6-7-15(24)16-9-10-17(27-16)20(26)22-14-18-21-11-13-23(18)2/h4-5,9-11,13,15H,3,6-8,12,14H2,1-2H3,(H,22,26)/b5-4+/t15-/m1/s1. The first-order valence-corrected chi connectivity index (χ1v) is 10.2. The van der Waals surface area contributed by atoms with Gasteiger partial charge in [-0.05, 0) is 31.4 Å². The van der Waals surface area contributed by atoms with Crippen molar-refractivity contribution in [2.75, 3.05) is 6.54 Å². The third-order valence-electron chi connectivity index (χ3n) is 4.78. The number of carbonyl (C=O) groups is 2. The number of aryl methyl sites for hydroxylation is 1. The van der Waals surface area contributed by atoms with Crippen molar-refractivity contribution in [2.24, 2.45) is 7.05 Å². The Morgan fingerprint density at radius 3 is 2.96 bits per heavy atom. The van der Waals surface area contributed by atoms with Gasteiger partial charge >= 0.3 is 0 Å². The molecule has 0 bridgehead atoms. The van der Waals surface area contributed by atoms with Gasteiger partial charge in [-0.3, -0.25) is 9.59 Å². The van der Waals surface area contributed by atoms with Crippen LogP contribution in [-0.2, 0) is 18.4 Å². The molecule has 2 aromatic rings. The van der Waals surface area contributed by atoms with E-state index in [2.05, 4.69) is 17.2 Å². The molecule has 0 unspecified atom stereocenters. The SMILES string of the molecule is CC/C=C/CC(=O)N1CCC[C@@H]1c1ccc(C(=O)NCc2nccn2C)s1. The topological polar surface area (TPSA) is 67.2 Å². The van der Waals surface area contributed by atoms with E-state index in [-0.39, 0.29) is 17.9 Å². The summed E-state index contributed by atoms with van der Waals surface area (Å²) in [6, 6.07) is 3.93. The molecule has 2 aromatic heterocycles. The van der Waals surface area contributed by atoms with Crippen molar-refractivity contribution in [2.45, 2.75) is 45.2 Å². The number of hydrogen-bond acceptors (Lipinski definition) is 4. The average Bonchev–Trinajstić information content (AvgIpc) is 3.40. The first-order chi connectivity index (χ1) is 13.1. The highest BCUT2D eigenvalue weighted by atomic mass is 32.1. The number of thiophene rings is 1. The second-order valence-corrected chi connectivity index (χ2v) is 7.78. The van der Waals surface area contributed by atoms with E-state index in [1.807, 2.05) is 47.0 Å². The Morgan fingerprint density at radius 2 is 2.22 bits per heavy atom. The van der Waals surface area contributed by atoms with Gasteiger partial charge in [0.25, 0.3) is 5.91 Å². The Hall–Kier alpha value is -2.41. The molecule has 1 aliphatic rings. The van der Waals surface area contributed by atoms with Gasteiger partial charge in [0.2, 0.25) is 5.91 Å². The summed E-state index contributed by atoms with van der Waals surface area (Å²) < 4.78 is 1.88. The summed E-state index contributed by atoms with van der Waals surface area (Å²) in [6.07, 6.45) is 10.9. The number of nitrogens with one attached hydrogen (secondary N) is 1. The van der Waals surface area contributed by atoms with E-state index in [0.717, 1.165) is 36.5 Å². The maximum Gasteiger partial charge on any atom is 0.261 e. The maximum atomic E-state index is 12.5. The molecule has 0 spiro atoms. The van der Waals surface area contributed by atoms with Crippen LogP contribution in [0, 0.1) is 0 Å². The minimum absolute atomic E-state index is 0.0913. The van der Waals surface area contributed by atoms with E-state index in [1.165, 1.54) is 11.3 Å². The first kappa shape index (κ1) is 19.4. The fourth-order valence-corrected chi connectivity index (χ4v) is 4.37. The molecule has 1 atom stereocenters. The molecule has 144 valence electrons. The quantitative estimate of drug-likeness (QED) is 0.742. The summed E-state index contributed by atoms with van der Waals surface area (Å²) >= 11 is 1.48. The van der Waals surface area contributed by atoms with Gasteiger partial charge in [0.1, 0.15) is 5.82 Å². The molecule has 0 saturated carbocycles. The second-order valence-electron chi connectivity index (χ2n) is 6.67. The lowest BCUT2D eigenvalue weighted by Crippen LogP contribution is -2.29. The number of amides is 2. The fraction of sp³-hybridized carbons (Fsp3) is 0.450. The fourth-order valence-electron chi connectivity index (χ4n) is 3.30. The van der Waals surface area contributed by atoms with Crippen molar-refractivity contribution in [1.82, 2.24) is 19.8 Å². The van der Waals surface area contributed by atoms with Crippen LogP contribution in [0.1, 0.15) is 59.0 Å². The number of aromatic nitrogens is 2. The average molecular weight is 387 g/mol. The van der Waals surface area contributed by atoms with Gasteiger partial charge in [0.05, 0.1) is 17.5 Å². The van der Waals surface area contributed by atoms with E-state index in [4.69, 9.17) is 0 Å². The molecule has 1 N–H and O–H groups in total. The predicted molar refractivity (Wildman–Crippen MR) is 106 cm³/mol. The Bertz CT molecular complexity index is 824. The molecule has 6 nitrogen and oxygen atoms in total. The number of hydrogen-bond donors (Lipinski definition) is 1. The van der Waals surface area contributed by atoms with Crippen LogP contribution in [0.4, 0.5) is 0 Å². The van der Waals surface area contributed by atoms with Crippen LogP contribution in [0.3, 0.4) is 0 Å². The summed E-state index contributed by atoms with van der Waals surface area (Å²) in [5, 5.41) is 2.91. The number of imidazole rings is 1. The zero-order chi connectivity index (χ0) is 19.2. The largest absolute Gasteiger partial charge is 0.344 e. The molecule has 1 saturated heterocycles. The predicted octanol–water partition coefficient (Wildman–Crippen LogP) is 3.43. The molecule has 0 radical (unpaired) electrons. The van der Waals surface area contributed by atoms with Gasteiger partial charge in [0, 0.05) is 37.3 Å². The van der Waals surface area contributed by atoms with E-state index < -0.39 is 0 Å². The van der Waals surface area contributed by atoms with Crippen molar-refractivity contribution >= 4 is 23.2 Å². The third kappa shape index (κ3) is 4.66. The number of allylic oxidation sites excluding steroid dienone is 1. The molecule has 0 aromatic carbocycles. The molecule has 2 amide bonds. The van der Waals surface area contributed by atoms with Crippen molar-refractivity contribution in [1.29, 1.82) is 0 Å². The van der Waals surface area contributed by atoms with Crippen molar-refractivity contribution in [3.63, 3.8) is 0 Å². The summed E-state index contributed by atoms with van der Waals surface area (Å²) in [7, 11) is 1.90. The number of nitrogens with zero attached hydrogens (tertiary/aromatic N) is 3. The highest BCUT2D eigenvalue weighted by Gasteiger charge is 2.30. The van der Waals surface area contributed by atoms with Crippen molar-refractivity contribution in [3.05, 3.63) is 52.3 Å². The zero-order valence-electron chi connectivity index (χ0n) is 15.9. The second kappa shape index (κ2) is 8.99. The van der Waals surface area contributed by atoms with Gasteiger partial charge < -0.3 is 14.8 Å². The molecular weight excluding hydrogens is 360 g/mol. The van der Waals surface area contributed by atoms with Crippen LogP contribution >= 0.6 is 11.3 Å². The number of carbonyl (C=O) groups excluding carboxylic acids is 2. The smallest absolute Gasteiger partial charge is 0.261 e. The van der Waals surface area contributed by atoms with Crippen LogP contribution < -0.4 is 5.32 Å². The third-order valence-corrected chi connectivity index (χ3v) is 5.96. The molecule has 7 heteroatoms. The molecule has 1 aliphatic heterocycles. The summed E-state index contributed by atoms with van der Waals surface area (Å²) in [6.45, 7) is 3.25. The normalized spacial score (nSPS) is 17.0. The minimum atomic E-state index is -0.101. The molecule has 3 rings (SSSR count). The van der Waals surface area contributed by atoms with Crippen LogP contribution in [0.15, 0.2) is 36.7 Å². The van der Waals surface area contributed by atoms with E-state index in [0.29, 0.717) is 17.8 Å². The minimum Gasteiger partial charge on any atom is -0.344 e. The van der Waals surface area contributed by atoms with Crippen molar-refractivity contribution < 1.29 is 9.59 Å². The van der Waals surface area contributed by atoms with Crippen LogP contribution in [-0.4, -0.2) is 32.8 Å².